The number of hydrogen-bond acceptors (Lipinski definition) is 2. The van der Waals surface area contributed by atoms with Gasteiger partial charge in [0, 0.05) is 0 Å². The zero-order valence-electron chi connectivity index (χ0n) is 17.3. The Kier molecular flexibility index (Phi) is 8.68. The minimum Gasteiger partial charge on any atom is -0.459 e. The Balaban J connectivity index is 0.00000117. The number of carbonyl (C=O) groups excluding carboxylic acids is 1. The average Bonchev–Trinajstić information content (AvgIpc) is 2.71. The van der Waals surface area contributed by atoms with Gasteiger partial charge < -0.3 is 4.74 Å². The fraction of sp³-hybridized carbons (Fsp3) is 0.708. The highest BCUT2D eigenvalue weighted by Gasteiger charge is 2.31. The van der Waals surface area contributed by atoms with Crippen LogP contribution in [0.1, 0.15) is 95.0 Å². The molecule has 2 aliphatic carbocycles. The van der Waals surface area contributed by atoms with E-state index >= 15 is 0 Å². The molecule has 0 bridgehead atoms. The molecule has 0 aliphatic heterocycles. The first-order valence-electron chi connectivity index (χ1n) is 11.0. The predicted molar refractivity (Wildman–Crippen MR) is 109 cm³/mol. The number of ether oxygens (including phenoxy) is 1. The van der Waals surface area contributed by atoms with Gasteiger partial charge in [-0.15, -0.1) is 0 Å². The van der Waals surface area contributed by atoms with Gasteiger partial charge in [-0.25, -0.2) is 4.79 Å². The van der Waals surface area contributed by atoms with E-state index < -0.39 is 0 Å². The van der Waals surface area contributed by atoms with Gasteiger partial charge in [0.05, 0.1) is 5.56 Å². The van der Waals surface area contributed by atoms with E-state index in [1.54, 1.807) is 0 Å². The molecule has 0 N–H and O–H groups in total. The highest BCUT2D eigenvalue weighted by atomic mass is 16.5. The van der Waals surface area contributed by atoms with Gasteiger partial charge in [0.1, 0.15) is 6.10 Å². The quantitative estimate of drug-likeness (QED) is 0.552. The van der Waals surface area contributed by atoms with E-state index in [2.05, 4.69) is 13.8 Å². The van der Waals surface area contributed by atoms with Crippen molar-refractivity contribution in [3.63, 3.8) is 0 Å². The molecule has 3 rings (SSSR count). The molecule has 0 atom stereocenters. The first-order chi connectivity index (χ1) is 12.7. The maximum atomic E-state index is 12.3. The molecule has 2 saturated carbocycles. The van der Waals surface area contributed by atoms with Crippen LogP contribution in [0.5, 0.6) is 0 Å². The minimum atomic E-state index is -0.146. The predicted octanol–water partition coefficient (Wildman–Crippen LogP) is 6.82. The lowest BCUT2D eigenvalue weighted by Gasteiger charge is -2.37. The Labute approximate surface area is 160 Å². The molecule has 2 fully saturated rings. The van der Waals surface area contributed by atoms with Crippen molar-refractivity contribution in [3.05, 3.63) is 35.4 Å². The maximum absolute atomic E-state index is 12.3. The molecule has 146 valence electrons. The minimum absolute atomic E-state index is 0.127. The van der Waals surface area contributed by atoms with Gasteiger partial charge in [-0.1, -0.05) is 52.7 Å². The number of rotatable bonds is 4. The second-order valence-electron chi connectivity index (χ2n) is 8.01. The molecule has 1 aromatic rings. The van der Waals surface area contributed by atoms with Crippen LogP contribution in [0.25, 0.3) is 0 Å². The molecule has 0 amide bonds. The smallest absolute Gasteiger partial charge is 0.338 e. The summed E-state index contributed by atoms with van der Waals surface area (Å²) in [6.07, 6.45) is 11.4. The Morgan fingerprint density at radius 2 is 1.38 bits per heavy atom. The number of hydrogen-bond donors (Lipinski definition) is 0. The van der Waals surface area contributed by atoms with E-state index in [9.17, 15) is 4.79 Å². The summed E-state index contributed by atoms with van der Waals surface area (Å²) in [7, 11) is 0. The molecule has 2 aliphatic rings. The maximum Gasteiger partial charge on any atom is 0.338 e. The van der Waals surface area contributed by atoms with E-state index in [0.29, 0.717) is 5.56 Å². The van der Waals surface area contributed by atoms with E-state index in [-0.39, 0.29) is 12.1 Å². The van der Waals surface area contributed by atoms with E-state index in [1.165, 1.54) is 44.1 Å². The van der Waals surface area contributed by atoms with Gasteiger partial charge in [-0.05, 0) is 80.4 Å². The van der Waals surface area contributed by atoms with Gasteiger partial charge in [-0.3, -0.25) is 0 Å². The summed E-state index contributed by atoms with van der Waals surface area (Å²) in [6.45, 7) is 8.51. The van der Waals surface area contributed by atoms with Crippen molar-refractivity contribution < 1.29 is 9.53 Å². The Bertz CT molecular complexity index is 518. The molecule has 0 spiro atoms. The first-order valence-corrected chi connectivity index (χ1v) is 11.0. The van der Waals surface area contributed by atoms with E-state index in [1.807, 2.05) is 38.1 Å². The van der Waals surface area contributed by atoms with Crippen molar-refractivity contribution in [1.29, 1.82) is 0 Å². The number of esters is 1. The van der Waals surface area contributed by atoms with Crippen molar-refractivity contribution in [1.82, 2.24) is 0 Å². The summed E-state index contributed by atoms with van der Waals surface area (Å²) in [4.78, 5) is 12.3. The van der Waals surface area contributed by atoms with Crippen LogP contribution in [0, 0.1) is 17.8 Å². The van der Waals surface area contributed by atoms with Gasteiger partial charge >= 0.3 is 5.97 Å². The number of aryl methyl sites for hydroxylation is 1. The summed E-state index contributed by atoms with van der Waals surface area (Å²) in [6, 6.07) is 7.85. The molecular weight excluding hydrogens is 320 g/mol. The SMILES string of the molecule is CC.CCc1ccc(C(=O)OC2CCC(C3CCC(C)CC3)CC2)cc1. The molecule has 1 aromatic carbocycles. The normalized spacial score (nSPS) is 28.6. The van der Waals surface area contributed by atoms with E-state index in [4.69, 9.17) is 4.74 Å². The number of carbonyl (C=O) groups is 1. The van der Waals surface area contributed by atoms with Gasteiger partial charge in [0.25, 0.3) is 0 Å². The van der Waals surface area contributed by atoms with Crippen molar-refractivity contribution in [3.8, 4) is 0 Å². The lowest BCUT2D eigenvalue weighted by Crippen LogP contribution is -2.29. The summed E-state index contributed by atoms with van der Waals surface area (Å²) >= 11 is 0. The topological polar surface area (TPSA) is 26.3 Å². The van der Waals surface area contributed by atoms with Crippen LogP contribution in [-0.2, 0) is 11.2 Å². The van der Waals surface area contributed by atoms with E-state index in [0.717, 1.165) is 37.0 Å². The molecule has 0 saturated heterocycles. The summed E-state index contributed by atoms with van der Waals surface area (Å²) in [5, 5.41) is 0. The van der Waals surface area contributed by atoms with Crippen LogP contribution >= 0.6 is 0 Å². The van der Waals surface area contributed by atoms with Gasteiger partial charge in [0.15, 0.2) is 0 Å². The Morgan fingerprint density at radius 1 is 0.885 bits per heavy atom. The van der Waals surface area contributed by atoms with Crippen molar-refractivity contribution >= 4 is 5.97 Å². The van der Waals surface area contributed by atoms with Crippen molar-refractivity contribution in [2.75, 3.05) is 0 Å². The van der Waals surface area contributed by atoms with Crippen molar-refractivity contribution in [2.45, 2.75) is 91.6 Å². The fourth-order valence-electron chi connectivity index (χ4n) is 4.53. The molecule has 0 aromatic heterocycles. The standard InChI is InChI=1S/C22H32O2.C2H6/c1-3-17-6-10-20(11-7-17)22(23)24-21-14-12-19(13-15-21)18-8-4-16(2)5-9-18;1-2/h6-7,10-11,16,18-19,21H,3-5,8-9,12-15H2,1-2H3;1-2H3. The highest BCUT2D eigenvalue weighted by molar-refractivity contribution is 5.89. The van der Waals surface area contributed by atoms with Gasteiger partial charge in [-0.2, -0.15) is 0 Å². The van der Waals surface area contributed by atoms with Crippen LogP contribution in [-0.4, -0.2) is 12.1 Å². The number of benzene rings is 1. The third-order valence-corrected chi connectivity index (χ3v) is 6.32. The Hall–Kier alpha value is -1.31. The summed E-state index contributed by atoms with van der Waals surface area (Å²) < 4.78 is 5.76. The highest BCUT2D eigenvalue weighted by Crippen LogP contribution is 2.40. The second kappa shape index (κ2) is 10.7. The zero-order valence-corrected chi connectivity index (χ0v) is 17.3. The fourth-order valence-corrected chi connectivity index (χ4v) is 4.53. The van der Waals surface area contributed by atoms with Crippen LogP contribution in [0.15, 0.2) is 24.3 Å². The van der Waals surface area contributed by atoms with Crippen LogP contribution in [0.4, 0.5) is 0 Å². The van der Waals surface area contributed by atoms with Crippen LogP contribution in [0.3, 0.4) is 0 Å². The van der Waals surface area contributed by atoms with Crippen LogP contribution in [0.2, 0.25) is 0 Å². The molecule has 2 heteroatoms. The summed E-state index contributed by atoms with van der Waals surface area (Å²) in [5.74, 6) is 2.58. The largest absolute Gasteiger partial charge is 0.459 e. The molecule has 0 heterocycles. The molecule has 0 unspecified atom stereocenters. The monoisotopic (exact) mass is 358 g/mol. The second-order valence-corrected chi connectivity index (χ2v) is 8.01. The molecule has 2 nitrogen and oxygen atoms in total. The summed E-state index contributed by atoms with van der Waals surface area (Å²) in [5.41, 5.74) is 1.95. The molecule has 0 radical (unpaired) electrons. The lowest BCUT2D eigenvalue weighted by atomic mass is 9.71. The van der Waals surface area contributed by atoms with Crippen molar-refractivity contribution in [2.24, 2.45) is 17.8 Å². The third-order valence-electron chi connectivity index (χ3n) is 6.32. The molecule has 26 heavy (non-hydrogen) atoms. The zero-order chi connectivity index (χ0) is 18.9. The molecular formula is C24H38O2. The average molecular weight is 359 g/mol. The lowest BCUT2D eigenvalue weighted by molar-refractivity contribution is 0.0111. The Morgan fingerprint density at radius 3 is 1.88 bits per heavy atom. The third kappa shape index (κ3) is 5.86. The first kappa shape index (κ1) is 21.0. The van der Waals surface area contributed by atoms with Crippen LogP contribution < -0.4 is 0 Å². The van der Waals surface area contributed by atoms with Gasteiger partial charge in [0.2, 0.25) is 0 Å².